The summed E-state index contributed by atoms with van der Waals surface area (Å²) >= 11 is 0. The Labute approximate surface area is 112 Å². The maximum absolute atomic E-state index is 4.81. The Balaban J connectivity index is 2.20. The van der Waals surface area contributed by atoms with Crippen molar-refractivity contribution < 1.29 is 4.52 Å². The Bertz CT molecular complexity index is 524. The van der Waals surface area contributed by atoms with E-state index < -0.39 is 0 Å². The molecule has 2 aromatic rings. The summed E-state index contributed by atoms with van der Waals surface area (Å²) in [6.07, 6.45) is 2.36. The quantitative estimate of drug-likeness (QED) is 0.831. The lowest BCUT2D eigenvalue weighted by atomic mass is 10.2. The van der Waals surface area contributed by atoms with Gasteiger partial charge in [-0.25, -0.2) is 9.97 Å². The van der Waals surface area contributed by atoms with Gasteiger partial charge >= 0.3 is 0 Å². The van der Waals surface area contributed by atoms with E-state index in [1.807, 2.05) is 19.9 Å². The maximum atomic E-state index is 4.81. The molecule has 2 aromatic heterocycles. The SMILES string of the molecule is CCNc1nc(CC)nc(NCc2ccon2)c1C. The minimum Gasteiger partial charge on any atom is -0.370 e. The highest BCUT2D eigenvalue weighted by molar-refractivity contribution is 5.57. The van der Waals surface area contributed by atoms with Gasteiger partial charge in [0.1, 0.15) is 29.4 Å². The number of rotatable bonds is 6. The fourth-order valence-electron chi connectivity index (χ4n) is 1.74. The molecule has 0 unspecified atom stereocenters. The first-order valence-corrected chi connectivity index (χ1v) is 6.49. The van der Waals surface area contributed by atoms with Crippen LogP contribution in [0.1, 0.15) is 30.9 Å². The van der Waals surface area contributed by atoms with Gasteiger partial charge in [0.15, 0.2) is 0 Å². The summed E-state index contributed by atoms with van der Waals surface area (Å²) in [5, 5.41) is 10.4. The first-order chi connectivity index (χ1) is 9.24. The molecule has 6 nitrogen and oxygen atoms in total. The highest BCUT2D eigenvalue weighted by atomic mass is 16.5. The number of aromatic nitrogens is 3. The minimum absolute atomic E-state index is 0.586. The molecule has 102 valence electrons. The Hall–Kier alpha value is -2.11. The summed E-state index contributed by atoms with van der Waals surface area (Å²) < 4.78 is 4.81. The molecule has 0 radical (unpaired) electrons. The molecule has 0 saturated carbocycles. The number of anilines is 2. The summed E-state index contributed by atoms with van der Waals surface area (Å²) in [5.74, 6) is 2.55. The van der Waals surface area contributed by atoms with E-state index in [-0.39, 0.29) is 0 Å². The normalized spacial score (nSPS) is 10.5. The van der Waals surface area contributed by atoms with E-state index >= 15 is 0 Å². The van der Waals surface area contributed by atoms with Gasteiger partial charge in [-0.3, -0.25) is 0 Å². The summed E-state index contributed by atoms with van der Waals surface area (Å²) in [6.45, 7) is 7.52. The van der Waals surface area contributed by atoms with Crippen molar-refractivity contribution >= 4 is 11.6 Å². The Morgan fingerprint density at radius 3 is 2.47 bits per heavy atom. The van der Waals surface area contributed by atoms with Crippen LogP contribution >= 0.6 is 0 Å². The van der Waals surface area contributed by atoms with Crippen LogP contribution in [0.4, 0.5) is 11.6 Å². The summed E-state index contributed by atoms with van der Waals surface area (Å²) in [4.78, 5) is 9.00. The van der Waals surface area contributed by atoms with Crippen molar-refractivity contribution in [1.29, 1.82) is 0 Å². The van der Waals surface area contributed by atoms with Gasteiger partial charge in [-0.05, 0) is 13.8 Å². The van der Waals surface area contributed by atoms with Crippen molar-refractivity contribution in [2.45, 2.75) is 33.7 Å². The van der Waals surface area contributed by atoms with Crippen LogP contribution in [0.5, 0.6) is 0 Å². The maximum Gasteiger partial charge on any atom is 0.135 e. The average Bonchev–Trinajstić information content (AvgIpc) is 2.93. The zero-order valence-corrected chi connectivity index (χ0v) is 11.5. The van der Waals surface area contributed by atoms with Crippen LogP contribution in [0.15, 0.2) is 16.9 Å². The largest absolute Gasteiger partial charge is 0.370 e. The van der Waals surface area contributed by atoms with Crippen LogP contribution in [0.25, 0.3) is 0 Å². The van der Waals surface area contributed by atoms with Crippen molar-refractivity contribution in [3.05, 3.63) is 29.4 Å². The summed E-state index contributed by atoms with van der Waals surface area (Å²) in [7, 11) is 0. The number of nitrogens with one attached hydrogen (secondary N) is 2. The van der Waals surface area contributed by atoms with Gasteiger partial charge in [0.2, 0.25) is 0 Å². The fourth-order valence-corrected chi connectivity index (χ4v) is 1.74. The predicted octanol–water partition coefficient (Wildman–Crippen LogP) is 2.38. The highest BCUT2D eigenvalue weighted by Gasteiger charge is 2.09. The first kappa shape index (κ1) is 13.3. The van der Waals surface area contributed by atoms with Gasteiger partial charge < -0.3 is 15.2 Å². The van der Waals surface area contributed by atoms with Crippen molar-refractivity contribution in [3.63, 3.8) is 0 Å². The van der Waals surface area contributed by atoms with Crippen molar-refractivity contribution in [3.8, 4) is 0 Å². The van der Waals surface area contributed by atoms with Gasteiger partial charge in [0.05, 0.1) is 6.54 Å². The molecule has 0 bridgehead atoms. The van der Waals surface area contributed by atoms with Gasteiger partial charge in [-0.2, -0.15) is 0 Å². The number of nitrogens with zero attached hydrogens (tertiary/aromatic N) is 3. The topological polar surface area (TPSA) is 75.9 Å². The van der Waals surface area contributed by atoms with E-state index in [9.17, 15) is 0 Å². The van der Waals surface area contributed by atoms with Crippen LogP contribution < -0.4 is 10.6 Å². The van der Waals surface area contributed by atoms with E-state index in [0.717, 1.165) is 41.7 Å². The monoisotopic (exact) mass is 261 g/mol. The first-order valence-electron chi connectivity index (χ1n) is 6.49. The molecule has 0 spiro atoms. The van der Waals surface area contributed by atoms with Crippen molar-refractivity contribution in [2.24, 2.45) is 0 Å². The molecule has 2 N–H and O–H groups in total. The minimum atomic E-state index is 0.586. The van der Waals surface area contributed by atoms with Gasteiger partial charge in [-0.15, -0.1) is 0 Å². The second-order valence-electron chi connectivity index (χ2n) is 4.19. The molecule has 2 rings (SSSR count). The lowest BCUT2D eigenvalue weighted by molar-refractivity contribution is 0.412. The van der Waals surface area contributed by atoms with Crippen LogP contribution in [0, 0.1) is 6.92 Å². The lowest BCUT2D eigenvalue weighted by Crippen LogP contribution is -2.11. The summed E-state index contributed by atoms with van der Waals surface area (Å²) in [6, 6.07) is 1.83. The highest BCUT2D eigenvalue weighted by Crippen LogP contribution is 2.20. The van der Waals surface area contributed by atoms with Gasteiger partial charge in [-0.1, -0.05) is 12.1 Å². The third-order valence-electron chi connectivity index (χ3n) is 2.78. The second-order valence-corrected chi connectivity index (χ2v) is 4.19. The molecule has 0 fully saturated rings. The van der Waals surface area contributed by atoms with Crippen LogP contribution in [0.2, 0.25) is 0 Å². The molecule has 0 aliphatic rings. The fraction of sp³-hybridized carbons (Fsp3) is 0.462. The number of hydrogen-bond acceptors (Lipinski definition) is 6. The Kier molecular flexibility index (Phi) is 4.33. The van der Waals surface area contributed by atoms with Gasteiger partial charge in [0.25, 0.3) is 0 Å². The van der Waals surface area contributed by atoms with Gasteiger partial charge in [0, 0.05) is 24.6 Å². The Morgan fingerprint density at radius 2 is 1.89 bits per heavy atom. The molecule has 6 heteroatoms. The van der Waals surface area contributed by atoms with E-state index in [4.69, 9.17) is 4.52 Å². The standard InChI is InChI=1S/C13H19N5O/c1-4-11-16-12(14-5-2)9(3)13(17-11)15-8-10-6-7-19-18-10/h6-7H,4-5,8H2,1-3H3,(H2,14,15,16,17). The average molecular weight is 261 g/mol. The van der Waals surface area contributed by atoms with E-state index in [1.165, 1.54) is 0 Å². The summed E-state index contributed by atoms with van der Waals surface area (Å²) in [5.41, 5.74) is 1.86. The Morgan fingerprint density at radius 1 is 1.16 bits per heavy atom. The third kappa shape index (κ3) is 3.21. The van der Waals surface area contributed by atoms with E-state index in [2.05, 4.69) is 32.7 Å². The van der Waals surface area contributed by atoms with Crippen molar-refractivity contribution in [1.82, 2.24) is 15.1 Å². The molecule has 2 heterocycles. The lowest BCUT2D eigenvalue weighted by Gasteiger charge is -2.13. The second kappa shape index (κ2) is 6.17. The molecule has 0 amide bonds. The molecule has 0 aliphatic heterocycles. The molecular formula is C13H19N5O. The van der Waals surface area contributed by atoms with Crippen LogP contribution in [-0.4, -0.2) is 21.7 Å². The smallest absolute Gasteiger partial charge is 0.135 e. The number of aryl methyl sites for hydroxylation is 1. The predicted molar refractivity (Wildman–Crippen MR) is 74.1 cm³/mol. The molecule has 19 heavy (non-hydrogen) atoms. The molecule has 0 aromatic carbocycles. The zero-order chi connectivity index (χ0) is 13.7. The van der Waals surface area contributed by atoms with Crippen molar-refractivity contribution in [2.75, 3.05) is 17.2 Å². The van der Waals surface area contributed by atoms with E-state index in [1.54, 1.807) is 6.26 Å². The van der Waals surface area contributed by atoms with E-state index in [0.29, 0.717) is 6.54 Å². The molecular weight excluding hydrogens is 242 g/mol. The third-order valence-corrected chi connectivity index (χ3v) is 2.78. The molecule has 0 aliphatic carbocycles. The van der Waals surface area contributed by atoms with Crippen LogP contribution in [-0.2, 0) is 13.0 Å². The molecule has 0 saturated heterocycles. The van der Waals surface area contributed by atoms with Crippen LogP contribution in [0.3, 0.4) is 0 Å². The molecule has 0 atom stereocenters. The zero-order valence-electron chi connectivity index (χ0n) is 11.5. The number of hydrogen-bond donors (Lipinski definition) is 2.